The maximum absolute atomic E-state index is 12.4. The summed E-state index contributed by atoms with van der Waals surface area (Å²) in [6.07, 6.45) is 3.47. The predicted octanol–water partition coefficient (Wildman–Crippen LogP) is 2.64. The molecule has 1 aromatic heterocycles. The van der Waals surface area contributed by atoms with Crippen LogP contribution in [0.25, 0.3) is 0 Å². The molecule has 0 aliphatic rings. The summed E-state index contributed by atoms with van der Waals surface area (Å²) in [6, 6.07) is 4.59. The summed E-state index contributed by atoms with van der Waals surface area (Å²) in [6.45, 7) is -2.49. The molecule has 0 saturated heterocycles. The lowest BCUT2D eigenvalue weighted by Crippen LogP contribution is -2.09. The second-order valence-corrected chi connectivity index (χ2v) is 4.05. The maximum Gasteiger partial charge on any atom is 0.387 e. The minimum atomic E-state index is -2.88. The van der Waals surface area contributed by atoms with Crippen molar-refractivity contribution < 1.29 is 18.3 Å². The molecule has 0 amide bonds. The zero-order valence-electron chi connectivity index (χ0n) is 11.1. The van der Waals surface area contributed by atoms with Crippen molar-refractivity contribution in [1.29, 1.82) is 0 Å². The van der Waals surface area contributed by atoms with Crippen molar-refractivity contribution >= 4 is 5.69 Å². The number of alkyl halides is 2. The number of nitrogens with one attached hydrogen (secondary N) is 1. The first-order valence-corrected chi connectivity index (χ1v) is 5.93. The molecule has 20 heavy (non-hydrogen) atoms. The predicted molar refractivity (Wildman–Crippen MR) is 70.2 cm³/mol. The van der Waals surface area contributed by atoms with E-state index >= 15 is 0 Å². The number of methoxy groups -OCH3 is 1. The van der Waals surface area contributed by atoms with Crippen LogP contribution in [0.3, 0.4) is 0 Å². The number of halogens is 2. The molecule has 0 unspecified atom stereocenters. The van der Waals surface area contributed by atoms with Crippen molar-refractivity contribution in [2.24, 2.45) is 7.05 Å². The van der Waals surface area contributed by atoms with Gasteiger partial charge in [-0.2, -0.15) is 8.78 Å². The highest BCUT2D eigenvalue weighted by atomic mass is 19.3. The number of benzene rings is 1. The highest BCUT2D eigenvalue weighted by Crippen LogP contribution is 2.30. The van der Waals surface area contributed by atoms with Gasteiger partial charge in [0.25, 0.3) is 0 Å². The van der Waals surface area contributed by atoms with E-state index in [1.165, 1.54) is 13.2 Å². The molecular weight excluding hydrogens is 268 g/mol. The van der Waals surface area contributed by atoms with Crippen molar-refractivity contribution in [3.63, 3.8) is 0 Å². The lowest BCUT2D eigenvalue weighted by Gasteiger charge is -2.14. The Bertz CT molecular complexity index is 572. The van der Waals surface area contributed by atoms with Gasteiger partial charge >= 0.3 is 6.61 Å². The molecule has 108 valence electrons. The highest BCUT2D eigenvalue weighted by molar-refractivity contribution is 5.59. The van der Waals surface area contributed by atoms with Crippen LogP contribution in [0.15, 0.2) is 30.6 Å². The molecule has 0 radical (unpaired) electrons. The lowest BCUT2D eigenvalue weighted by atomic mass is 10.2. The summed E-state index contributed by atoms with van der Waals surface area (Å²) in [5.41, 5.74) is 0.424. The van der Waals surface area contributed by atoms with E-state index in [4.69, 9.17) is 4.74 Å². The zero-order chi connectivity index (χ0) is 14.5. The van der Waals surface area contributed by atoms with Gasteiger partial charge in [0, 0.05) is 25.5 Å². The third-order valence-electron chi connectivity index (χ3n) is 2.76. The molecule has 0 aliphatic carbocycles. The van der Waals surface area contributed by atoms with E-state index < -0.39 is 6.61 Å². The van der Waals surface area contributed by atoms with Gasteiger partial charge < -0.3 is 19.4 Å². The van der Waals surface area contributed by atoms with E-state index in [1.54, 1.807) is 24.5 Å². The molecule has 5 nitrogen and oxygen atoms in total. The van der Waals surface area contributed by atoms with Crippen LogP contribution in [0.5, 0.6) is 11.5 Å². The molecule has 0 saturated carbocycles. The Balaban J connectivity index is 2.17. The first kappa shape index (κ1) is 14.1. The van der Waals surface area contributed by atoms with E-state index in [1.807, 2.05) is 11.6 Å². The smallest absolute Gasteiger partial charge is 0.387 e. The summed E-state index contributed by atoms with van der Waals surface area (Å²) in [4.78, 5) is 4.14. The fourth-order valence-corrected chi connectivity index (χ4v) is 1.71. The Morgan fingerprint density at radius 1 is 1.40 bits per heavy atom. The quantitative estimate of drug-likeness (QED) is 0.885. The molecular formula is C13H15F2N3O2. The van der Waals surface area contributed by atoms with Crippen molar-refractivity contribution in [1.82, 2.24) is 9.55 Å². The topological polar surface area (TPSA) is 48.3 Å². The molecule has 2 aromatic rings. The van der Waals surface area contributed by atoms with Crippen LogP contribution < -0.4 is 14.8 Å². The highest BCUT2D eigenvalue weighted by Gasteiger charge is 2.11. The number of anilines is 1. The van der Waals surface area contributed by atoms with Gasteiger partial charge in [-0.3, -0.25) is 0 Å². The second-order valence-electron chi connectivity index (χ2n) is 4.05. The Morgan fingerprint density at radius 2 is 2.20 bits per heavy atom. The molecule has 0 aliphatic heterocycles. The van der Waals surface area contributed by atoms with Gasteiger partial charge in [0.1, 0.15) is 17.3 Å². The first-order chi connectivity index (χ1) is 9.60. The number of hydrogen-bond donors (Lipinski definition) is 1. The zero-order valence-corrected chi connectivity index (χ0v) is 11.1. The number of nitrogens with zero attached hydrogens (tertiary/aromatic N) is 2. The largest absolute Gasteiger partial charge is 0.497 e. The van der Waals surface area contributed by atoms with Crippen LogP contribution in [-0.2, 0) is 13.6 Å². The molecule has 0 fully saturated rings. The Labute approximate surface area is 115 Å². The van der Waals surface area contributed by atoms with Crippen molar-refractivity contribution in [2.45, 2.75) is 13.2 Å². The monoisotopic (exact) mass is 283 g/mol. The van der Waals surface area contributed by atoms with E-state index in [0.29, 0.717) is 18.0 Å². The molecule has 2 rings (SSSR count). The van der Waals surface area contributed by atoms with Gasteiger partial charge in [0.15, 0.2) is 0 Å². The summed E-state index contributed by atoms with van der Waals surface area (Å²) in [5.74, 6) is 1.39. The van der Waals surface area contributed by atoms with Crippen LogP contribution in [-0.4, -0.2) is 23.3 Å². The fraction of sp³-hybridized carbons (Fsp3) is 0.308. The van der Waals surface area contributed by atoms with Gasteiger partial charge in [-0.25, -0.2) is 4.98 Å². The Morgan fingerprint density at radius 3 is 2.80 bits per heavy atom. The Hall–Kier alpha value is -2.31. The van der Waals surface area contributed by atoms with Crippen LogP contribution in [0.4, 0.5) is 14.5 Å². The third kappa shape index (κ3) is 3.37. The van der Waals surface area contributed by atoms with Crippen LogP contribution in [0, 0.1) is 0 Å². The summed E-state index contributed by atoms with van der Waals surface area (Å²) < 4.78 is 36.1. The number of rotatable bonds is 6. The van der Waals surface area contributed by atoms with Gasteiger partial charge in [-0.1, -0.05) is 0 Å². The number of hydrogen-bond acceptors (Lipinski definition) is 4. The van der Waals surface area contributed by atoms with E-state index in [2.05, 4.69) is 15.0 Å². The summed E-state index contributed by atoms with van der Waals surface area (Å²) in [7, 11) is 3.36. The van der Waals surface area contributed by atoms with Crippen LogP contribution in [0.1, 0.15) is 5.82 Å². The SMILES string of the molecule is COc1ccc(OC(F)F)c(NCc2nccn2C)c1. The number of ether oxygens (including phenoxy) is 2. The van der Waals surface area contributed by atoms with E-state index in [9.17, 15) is 8.78 Å². The number of aromatic nitrogens is 2. The Kier molecular flexibility index (Phi) is 4.39. The minimum absolute atomic E-state index is 0.0648. The van der Waals surface area contributed by atoms with Crippen molar-refractivity contribution in [3.05, 3.63) is 36.4 Å². The standard InChI is InChI=1S/C13H15F2N3O2/c1-18-6-5-16-12(18)8-17-10-7-9(19-2)3-4-11(10)20-13(14)15/h3-7,13,17H,8H2,1-2H3. The van der Waals surface area contributed by atoms with Gasteiger partial charge in [0.05, 0.1) is 19.3 Å². The molecule has 0 bridgehead atoms. The first-order valence-electron chi connectivity index (χ1n) is 5.93. The van der Waals surface area contributed by atoms with Gasteiger partial charge in [-0.05, 0) is 12.1 Å². The van der Waals surface area contributed by atoms with Gasteiger partial charge in [-0.15, -0.1) is 0 Å². The van der Waals surface area contributed by atoms with Crippen LogP contribution in [0.2, 0.25) is 0 Å². The van der Waals surface area contributed by atoms with Gasteiger partial charge in [0.2, 0.25) is 0 Å². The molecule has 1 N–H and O–H groups in total. The molecule has 0 spiro atoms. The third-order valence-corrected chi connectivity index (χ3v) is 2.76. The minimum Gasteiger partial charge on any atom is -0.497 e. The summed E-state index contributed by atoms with van der Waals surface area (Å²) in [5, 5.41) is 3.01. The number of imidazole rings is 1. The summed E-state index contributed by atoms with van der Waals surface area (Å²) >= 11 is 0. The lowest BCUT2D eigenvalue weighted by molar-refractivity contribution is -0.0494. The maximum atomic E-state index is 12.4. The number of aryl methyl sites for hydroxylation is 1. The normalized spacial score (nSPS) is 10.7. The van der Waals surface area contributed by atoms with Crippen LogP contribution >= 0.6 is 0 Å². The van der Waals surface area contributed by atoms with Crippen molar-refractivity contribution in [3.8, 4) is 11.5 Å². The average Bonchev–Trinajstić information content (AvgIpc) is 2.82. The average molecular weight is 283 g/mol. The van der Waals surface area contributed by atoms with E-state index in [0.717, 1.165) is 5.82 Å². The molecule has 7 heteroatoms. The van der Waals surface area contributed by atoms with Crippen molar-refractivity contribution in [2.75, 3.05) is 12.4 Å². The fourth-order valence-electron chi connectivity index (χ4n) is 1.71. The second kappa shape index (κ2) is 6.23. The molecule has 1 aromatic carbocycles. The molecule has 1 heterocycles. The molecule has 0 atom stereocenters. The van der Waals surface area contributed by atoms with E-state index in [-0.39, 0.29) is 5.75 Å².